The highest BCUT2D eigenvalue weighted by molar-refractivity contribution is 5.91. The van der Waals surface area contributed by atoms with Crippen molar-refractivity contribution in [2.45, 2.75) is 25.7 Å². The van der Waals surface area contributed by atoms with E-state index in [4.69, 9.17) is 0 Å². The van der Waals surface area contributed by atoms with E-state index in [9.17, 15) is 14.4 Å². The molecule has 0 atom stereocenters. The Labute approximate surface area is 95.0 Å². The highest BCUT2D eigenvalue weighted by Crippen LogP contribution is 2.02. The van der Waals surface area contributed by atoms with Gasteiger partial charge in [0.25, 0.3) is 0 Å². The summed E-state index contributed by atoms with van der Waals surface area (Å²) in [4.78, 5) is 32.6. The van der Waals surface area contributed by atoms with E-state index in [1.807, 2.05) is 0 Å². The lowest BCUT2D eigenvalue weighted by Crippen LogP contribution is -2.11. The van der Waals surface area contributed by atoms with E-state index in [0.29, 0.717) is 19.3 Å². The third-order valence-electron chi connectivity index (χ3n) is 1.88. The molecule has 0 bridgehead atoms. The second-order valence-corrected chi connectivity index (χ2v) is 3.21. The third kappa shape index (κ3) is 7.67. The first-order valence-electron chi connectivity index (χ1n) is 5.06. The summed E-state index contributed by atoms with van der Waals surface area (Å²) in [5.41, 5.74) is 0. The van der Waals surface area contributed by atoms with E-state index in [1.54, 1.807) is 0 Å². The van der Waals surface area contributed by atoms with Crippen molar-refractivity contribution in [2.24, 2.45) is 0 Å². The topological polar surface area (TPSA) is 60.4 Å². The third-order valence-corrected chi connectivity index (χ3v) is 1.88. The maximum Gasteiger partial charge on any atom is 0.306 e. The molecule has 4 nitrogen and oxygen atoms in total. The van der Waals surface area contributed by atoms with E-state index < -0.39 is 5.97 Å². The van der Waals surface area contributed by atoms with E-state index in [2.05, 4.69) is 17.9 Å². The Kier molecular flexibility index (Phi) is 7.67. The minimum absolute atomic E-state index is 0.0322. The van der Waals surface area contributed by atoms with E-state index in [1.165, 1.54) is 6.08 Å². The number of hydrogen-bond donors (Lipinski definition) is 0. The van der Waals surface area contributed by atoms with Gasteiger partial charge >= 0.3 is 5.97 Å². The maximum atomic E-state index is 11.1. The molecule has 0 saturated heterocycles. The van der Waals surface area contributed by atoms with E-state index in [-0.39, 0.29) is 24.6 Å². The summed E-state index contributed by atoms with van der Waals surface area (Å²) in [6.07, 6.45) is 4.17. The first-order valence-corrected chi connectivity index (χ1v) is 5.06. The van der Waals surface area contributed by atoms with Crippen molar-refractivity contribution in [3.05, 3.63) is 25.3 Å². The van der Waals surface area contributed by atoms with Crippen molar-refractivity contribution in [1.82, 2.24) is 0 Å². The average Bonchev–Trinajstić information content (AvgIpc) is 2.31. The van der Waals surface area contributed by atoms with Gasteiger partial charge in [-0.25, -0.2) is 0 Å². The predicted molar refractivity (Wildman–Crippen MR) is 59.8 cm³/mol. The number of carbonyl (C=O) groups is 3. The smallest absolute Gasteiger partial charge is 0.306 e. The fourth-order valence-corrected chi connectivity index (χ4v) is 0.953. The number of rotatable bonds is 9. The highest BCUT2D eigenvalue weighted by atomic mass is 16.5. The number of allylic oxidation sites excluding steroid dienone is 1. The zero-order valence-electron chi connectivity index (χ0n) is 9.24. The van der Waals surface area contributed by atoms with Crippen molar-refractivity contribution in [3.63, 3.8) is 0 Å². The van der Waals surface area contributed by atoms with E-state index in [0.717, 1.165) is 6.08 Å². The number of esters is 1. The Morgan fingerprint density at radius 1 is 0.938 bits per heavy atom. The summed E-state index contributed by atoms with van der Waals surface area (Å²) in [5.74, 6) is -0.786. The van der Waals surface area contributed by atoms with Crippen LogP contribution in [0.25, 0.3) is 0 Å². The maximum absolute atomic E-state index is 11.1. The normalized spacial score (nSPS) is 9.25. The summed E-state index contributed by atoms with van der Waals surface area (Å²) in [6, 6.07) is 0. The van der Waals surface area contributed by atoms with Crippen LogP contribution >= 0.6 is 0 Å². The molecule has 88 valence electrons. The molecule has 0 aliphatic heterocycles. The van der Waals surface area contributed by atoms with Crippen molar-refractivity contribution in [3.8, 4) is 0 Å². The van der Waals surface area contributed by atoms with Gasteiger partial charge in [-0.3, -0.25) is 14.4 Å². The van der Waals surface area contributed by atoms with Gasteiger partial charge in [-0.2, -0.15) is 0 Å². The summed E-state index contributed by atoms with van der Waals surface area (Å²) in [5, 5.41) is 0. The molecule has 0 aromatic rings. The number of unbranched alkanes of at least 4 members (excludes halogenated alkanes) is 1. The van der Waals surface area contributed by atoms with Gasteiger partial charge in [0.15, 0.2) is 18.2 Å². The lowest BCUT2D eigenvalue weighted by Gasteiger charge is -2.01. The van der Waals surface area contributed by atoms with E-state index >= 15 is 0 Å². The quantitative estimate of drug-likeness (QED) is 0.339. The van der Waals surface area contributed by atoms with Crippen molar-refractivity contribution in [1.29, 1.82) is 0 Å². The highest BCUT2D eigenvalue weighted by Gasteiger charge is 2.05. The minimum atomic E-state index is -0.429. The molecule has 0 saturated carbocycles. The minimum Gasteiger partial charge on any atom is -0.457 e. The van der Waals surface area contributed by atoms with Crippen LogP contribution in [0.5, 0.6) is 0 Å². The SMILES string of the molecule is C=CC(=O)CCCCC(=O)OCC(=O)C=C. The lowest BCUT2D eigenvalue weighted by molar-refractivity contribution is -0.147. The van der Waals surface area contributed by atoms with Crippen LogP contribution in [0.15, 0.2) is 25.3 Å². The van der Waals surface area contributed by atoms with Gasteiger partial charge in [-0.1, -0.05) is 13.2 Å². The van der Waals surface area contributed by atoms with Gasteiger partial charge in [-0.05, 0) is 25.0 Å². The predicted octanol–water partition coefficient (Wildman–Crippen LogP) is 1.60. The molecule has 0 unspecified atom stereocenters. The van der Waals surface area contributed by atoms with Crippen molar-refractivity contribution < 1.29 is 19.1 Å². The Balaban J connectivity index is 3.51. The number of ether oxygens (including phenoxy) is 1. The molecular formula is C12H16O4. The molecule has 0 aliphatic rings. The lowest BCUT2D eigenvalue weighted by atomic mass is 10.1. The van der Waals surface area contributed by atoms with Crippen LogP contribution in [0.1, 0.15) is 25.7 Å². The van der Waals surface area contributed by atoms with Gasteiger partial charge in [0.1, 0.15) is 0 Å². The van der Waals surface area contributed by atoms with Crippen LogP contribution in [0, 0.1) is 0 Å². The Morgan fingerprint density at radius 3 is 2.06 bits per heavy atom. The Morgan fingerprint density at radius 2 is 1.50 bits per heavy atom. The van der Waals surface area contributed by atoms with Crippen LogP contribution in [0.2, 0.25) is 0 Å². The molecule has 0 heterocycles. The number of ketones is 2. The molecule has 0 amide bonds. The summed E-state index contributed by atoms with van der Waals surface area (Å²) >= 11 is 0. The summed E-state index contributed by atoms with van der Waals surface area (Å²) < 4.78 is 4.66. The molecule has 0 aliphatic carbocycles. The molecule has 16 heavy (non-hydrogen) atoms. The largest absolute Gasteiger partial charge is 0.457 e. The molecule has 0 spiro atoms. The molecule has 4 heteroatoms. The second-order valence-electron chi connectivity index (χ2n) is 3.21. The van der Waals surface area contributed by atoms with Crippen LogP contribution in [-0.4, -0.2) is 24.1 Å². The van der Waals surface area contributed by atoms with Crippen LogP contribution in [-0.2, 0) is 19.1 Å². The van der Waals surface area contributed by atoms with Gasteiger partial charge in [0.2, 0.25) is 0 Å². The summed E-state index contributed by atoms with van der Waals surface area (Å²) in [7, 11) is 0. The van der Waals surface area contributed by atoms with Crippen LogP contribution < -0.4 is 0 Å². The van der Waals surface area contributed by atoms with Gasteiger partial charge in [0, 0.05) is 12.8 Å². The monoisotopic (exact) mass is 224 g/mol. The molecule has 0 radical (unpaired) electrons. The number of carbonyl (C=O) groups excluding carboxylic acids is 3. The first kappa shape index (κ1) is 14.3. The first-order chi connectivity index (χ1) is 7.60. The fourth-order valence-electron chi connectivity index (χ4n) is 0.953. The Bertz CT molecular complexity index is 291. The zero-order valence-corrected chi connectivity index (χ0v) is 9.24. The van der Waals surface area contributed by atoms with Crippen molar-refractivity contribution >= 4 is 17.5 Å². The molecule has 0 rings (SSSR count). The molecular weight excluding hydrogens is 208 g/mol. The molecule has 0 N–H and O–H groups in total. The Hall–Kier alpha value is -1.71. The average molecular weight is 224 g/mol. The second kappa shape index (κ2) is 8.59. The number of hydrogen-bond acceptors (Lipinski definition) is 4. The molecule has 0 aromatic carbocycles. The molecule has 0 aromatic heterocycles. The van der Waals surface area contributed by atoms with Gasteiger partial charge in [0.05, 0.1) is 0 Å². The summed E-state index contributed by atoms with van der Waals surface area (Å²) in [6.45, 7) is 6.34. The zero-order chi connectivity index (χ0) is 12.4. The van der Waals surface area contributed by atoms with Crippen molar-refractivity contribution in [2.75, 3.05) is 6.61 Å². The van der Waals surface area contributed by atoms with Crippen LogP contribution in [0.3, 0.4) is 0 Å². The standard InChI is InChI=1S/C12H16O4/c1-3-10(13)7-5-6-8-12(15)16-9-11(14)4-2/h3-4H,1-2,5-9H2. The molecule has 0 fully saturated rings. The van der Waals surface area contributed by atoms with Gasteiger partial charge < -0.3 is 4.74 Å². The van der Waals surface area contributed by atoms with Gasteiger partial charge in [-0.15, -0.1) is 0 Å². The fraction of sp³-hybridized carbons (Fsp3) is 0.417. The van der Waals surface area contributed by atoms with Crippen LogP contribution in [0.4, 0.5) is 0 Å².